The zero-order valence-corrected chi connectivity index (χ0v) is 13.9. The second-order valence-electron chi connectivity index (χ2n) is 5.73. The highest BCUT2D eigenvalue weighted by molar-refractivity contribution is 9.10. The normalized spacial score (nSPS) is 14.8. The number of hydrogen-bond acceptors (Lipinski definition) is 3. The van der Waals surface area contributed by atoms with Gasteiger partial charge in [0.05, 0.1) is 6.61 Å². The Morgan fingerprint density at radius 3 is 2.80 bits per heavy atom. The quantitative estimate of drug-likeness (QED) is 0.694. The van der Waals surface area contributed by atoms with Gasteiger partial charge in [-0.15, -0.1) is 0 Å². The Labute approximate surface area is 130 Å². The second-order valence-corrected chi connectivity index (χ2v) is 6.58. The molecular formula is C16H24BrNO2. The van der Waals surface area contributed by atoms with E-state index in [1.807, 2.05) is 12.1 Å². The molecule has 0 radical (unpaired) electrons. The highest BCUT2D eigenvalue weighted by Crippen LogP contribution is 2.25. The molecule has 0 saturated heterocycles. The minimum absolute atomic E-state index is 0.572. The van der Waals surface area contributed by atoms with E-state index in [0.29, 0.717) is 19.1 Å². The van der Waals surface area contributed by atoms with Crippen LogP contribution in [-0.2, 0) is 11.3 Å². The van der Waals surface area contributed by atoms with Gasteiger partial charge >= 0.3 is 0 Å². The first-order valence-electron chi connectivity index (χ1n) is 7.37. The van der Waals surface area contributed by atoms with E-state index < -0.39 is 0 Å². The lowest BCUT2D eigenvalue weighted by atomic mass is 10.2. The molecule has 0 atom stereocenters. The number of ether oxygens (including phenoxy) is 2. The molecule has 1 fully saturated rings. The van der Waals surface area contributed by atoms with Gasteiger partial charge in [0.25, 0.3) is 0 Å². The summed E-state index contributed by atoms with van der Waals surface area (Å²) in [7, 11) is 0. The summed E-state index contributed by atoms with van der Waals surface area (Å²) in [5.74, 6) is 1.48. The Morgan fingerprint density at radius 1 is 1.30 bits per heavy atom. The van der Waals surface area contributed by atoms with E-state index in [9.17, 15) is 0 Å². The van der Waals surface area contributed by atoms with Crippen LogP contribution in [0.5, 0.6) is 5.75 Å². The molecule has 20 heavy (non-hydrogen) atoms. The molecule has 0 aromatic heterocycles. The zero-order valence-electron chi connectivity index (χ0n) is 12.3. The summed E-state index contributed by atoms with van der Waals surface area (Å²) in [6.45, 7) is 7.23. The first-order valence-corrected chi connectivity index (χ1v) is 8.17. The van der Waals surface area contributed by atoms with Crippen molar-refractivity contribution in [3.05, 3.63) is 28.2 Å². The summed E-state index contributed by atoms with van der Waals surface area (Å²) in [6, 6.07) is 6.86. The van der Waals surface area contributed by atoms with Crippen LogP contribution in [0.25, 0.3) is 0 Å². The number of halogens is 1. The van der Waals surface area contributed by atoms with Crippen molar-refractivity contribution in [2.24, 2.45) is 5.92 Å². The van der Waals surface area contributed by atoms with Crippen LogP contribution in [0, 0.1) is 5.92 Å². The predicted molar refractivity (Wildman–Crippen MR) is 85.2 cm³/mol. The Hall–Kier alpha value is -0.580. The minimum Gasteiger partial charge on any atom is -0.491 e. The lowest BCUT2D eigenvalue weighted by molar-refractivity contribution is 0.0819. The van der Waals surface area contributed by atoms with E-state index in [1.54, 1.807) is 0 Å². The first kappa shape index (κ1) is 15.8. The molecule has 4 heteroatoms. The van der Waals surface area contributed by atoms with Crippen molar-refractivity contribution in [1.82, 2.24) is 5.32 Å². The highest BCUT2D eigenvalue weighted by Gasteiger charge is 2.20. The molecule has 0 spiro atoms. The maximum atomic E-state index is 5.73. The average Bonchev–Trinajstić information content (AvgIpc) is 3.22. The molecule has 0 heterocycles. The third-order valence-electron chi connectivity index (χ3n) is 3.12. The minimum atomic E-state index is 0.572. The van der Waals surface area contributed by atoms with Crippen LogP contribution in [-0.4, -0.2) is 25.9 Å². The molecule has 3 nitrogen and oxygen atoms in total. The topological polar surface area (TPSA) is 30.5 Å². The van der Waals surface area contributed by atoms with Crippen LogP contribution in [0.3, 0.4) is 0 Å². The number of nitrogens with one attached hydrogen (secondary N) is 1. The van der Waals surface area contributed by atoms with Crippen molar-refractivity contribution in [1.29, 1.82) is 0 Å². The van der Waals surface area contributed by atoms with E-state index in [1.165, 1.54) is 18.4 Å². The van der Waals surface area contributed by atoms with Gasteiger partial charge < -0.3 is 14.8 Å². The molecular weight excluding hydrogens is 318 g/mol. The molecule has 0 bridgehead atoms. The summed E-state index contributed by atoms with van der Waals surface area (Å²) < 4.78 is 12.4. The lowest BCUT2D eigenvalue weighted by Crippen LogP contribution is -2.15. The maximum Gasteiger partial charge on any atom is 0.119 e. The predicted octanol–water partition coefficient (Wildman–Crippen LogP) is 3.75. The van der Waals surface area contributed by atoms with Crippen LogP contribution >= 0.6 is 15.9 Å². The molecule has 1 aromatic rings. The Kier molecular flexibility index (Phi) is 6.33. The van der Waals surface area contributed by atoms with Gasteiger partial charge in [-0.2, -0.15) is 0 Å². The molecule has 0 amide bonds. The maximum absolute atomic E-state index is 5.73. The number of rotatable bonds is 9. The van der Waals surface area contributed by atoms with Crippen molar-refractivity contribution >= 4 is 15.9 Å². The summed E-state index contributed by atoms with van der Waals surface area (Å²) in [6.07, 6.45) is 2.61. The van der Waals surface area contributed by atoms with Crippen LogP contribution in [0.4, 0.5) is 0 Å². The van der Waals surface area contributed by atoms with E-state index in [4.69, 9.17) is 9.47 Å². The second kappa shape index (κ2) is 8.01. The fraction of sp³-hybridized carbons (Fsp3) is 0.625. The van der Waals surface area contributed by atoms with E-state index in [-0.39, 0.29) is 0 Å². The SMILES string of the molecule is CC(C)COCCOc1ccc(Br)c(CNC2CC2)c1. The van der Waals surface area contributed by atoms with Crippen LogP contribution in [0.15, 0.2) is 22.7 Å². The van der Waals surface area contributed by atoms with E-state index >= 15 is 0 Å². The lowest BCUT2D eigenvalue weighted by Gasteiger charge is -2.11. The molecule has 2 rings (SSSR count). The van der Waals surface area contributed by atoms with Crippen molar-refractivity contribution in [2.45, 2.75) is 39.3 Å². The summed E-state index contributed by atoms with van der Waals surface area (Å²) in [5.41, 5.74) is 1.25. The third-order valence-corrected chi connectivity index (χ3v) is 3.90. The average molecular weight is 342 g/mol. The fourth-order valence-corrected chi connectivity index (χ4v) is 2.24. The summed E-state index contributed by atoms with van der Waals surface area (Å²) >= 11 is 3.59. The number of benzene rings is 1. The third kappa shape index (κ3) is 5.81. The smallest absolute Gasteiger partial charge is 0.119 e. The largest absolute Gasteiger partial charge is 0.491 e. The van der Waals surface area contributed by atoms with Crippen molar-refractivity contribution in [3.63, 3.8) is 0 Å². The molecule has 1 aliphatic carbocycles. The first-order chi connectivity index (χ1) is 9.65. The number of hydrogen-bond donors (Lipinski definition) is 1. The standard InChI is InChI=1S/C16H24BrNO2/c1-12(2)11-19-7-8-20-15-5-6-16(17)13(9-15)10-18-14-3-4-14/h5-6,9,12,14,18H,3-4,7-8,10-11H2,1-2H3. The molecule has 0 unspecified atom stereocenters. The molecule has 112 valence electrons. The van der Waals surface area contributed by atoms with Gasteiger partial charge in [-0.3, -0.25) is 0 Å². The van der Waals surface area contributed by atoms with Crippen LogP contribution in [0.2, 0.25) is 0 Å². The van der Waals surface area contributed by atoms with Crippen LogP contribution in [0.1, 0.15) is 32.3 Å². The molecule has 1 saturated carbocycles. The summed E-state index contributed by atoms with van der Waals surface area (Å²) in [4.78, 5) is 0. The van der Waals surface area contributed by atoms with E-state index in [2.05, 4.69) is 41.2 Å². The van der Waals surface area contributed by atoms with E-state index in [0.717, 1.165) is 29.4 Å². The van der Waals surface area contributed by atoms with Gasteiger partial charge in [-0.1, -0.05) is 29.8 Å². The van der Waals surface area contributed by atoms with Crippen molar-refractivity contribution in [2.75, 3.05) is 19.8 Å². The van der Waals surface area contributed by atoms with Crippen molar-refractivity contribution in [3.8, 4) is 5.75 Å². The van der Waals surface area contributed by atoms with Gasteiger partial charge in [-0.25, -0.2) is 0 Å². The van der Waals surface area contributed by atoms with Gasteiger partial charge in [-0.05, 0) is 42.5 Å². The van der Waals surface area contributed by atoms with Gasteiger partial charge in [0.2, 0.25) is 0 Å². The molecule has 1 N–H and O–H groups in total. The van der Waals surface area contributed by atoms with Gasteiger partial charge in [0.15, 0.2) is 0 Å². The highest BCUT2D eigenvalue weighted by atomic mass is 79.9. The Morgan fingerprint density at radius 2 is 2.10 bits per heavy atom. The summed E-state index contributed by atoms with van der Waals surface area (Å²) in [5, 5.41) is 3.52. The van der Waals surface area contributed by atoms with Gasteiger partial charge in [0.1, 0.15) is 12.4 Å². The molecule has 0 aliphatic heterocycles. The van der Waals surface area contributed by atoms with Crippen LogP contribution < -0.4 is 10.1 Å². The molecule has 1 aromatic carbocycles. The fourth-order valence-electron chi connectivity index (χ4n) is 1.86. The monoisotopic (exact) mass is 341 g/mol. The zero-order chi connectivity index (χ0) is 14.4. The van der Waals surface area contributed by atoms with Gasteiger partial charge in [0, 0.05) is 23.7 Å². The van der Waals surface area contributed by atoms with Crippen molar-refractivity contribution < 1.29 is 9.47 Å². The Bertz CT molecular complexity index is 419. The molecule has 1 aliphatic rings. The Balaban J connectivity index is 1.74.